The second-order valence-electron chi connectivity index (χ2n) is 4.34. The Labute approximate surface area is 109 Å². The van der Waals surface area contributed by atoms with Gasteiger partial charge in [-0.1, -0.05) is 42.5 Å². The number of rotatable bonds is 2. The van der Waals surface area contributed by atoms with E-state index < -0.39 is 12.0 Å². The molecular formula is C14H13NO2S. The maximum absolute atomic E-state index is 11.0. The van der Waals surface area contributed by atoms with Crippen molar-refractivity contribution in [1.29, 1.82) is 0 Å². The van der Waals surface area contributed by atoms with Gasteiger partial charge in [-0.25, -0.2) is 0 Å². The van der Waals surface area contributed by atoms with E-state index in [2.05, 4.69) is 29.6 Å². The number of carboxylic acid groups (broad SMARTS) is 1. The maximum Gasteiger partial charge on any atom is 0.321 e. The first-order chi connectivity index (χ1) is 8.75. The van der Waals surface area contributed by atoms with Crippen LogP contribution < -0.4 is 5.32 Å². The number of carboxylic acids is 1. The van der Waals surface area contributed by atoms with Gasteiger partial charge in [-0.3, -0.25) is 10.1 Å². The van der Waals surface area contributed by atoms with Crippen molar-refractivity contribution in [1.82, 2.24) is 5.32 Å². The molecule has 4 heteroatoms. The zero-order valence-electron chi connectivity index (χ0n) is 9.67. The van der Waals surface area contributed by atoms with E-state index in [-0.39, 0.29) is 5.37 Å². The second-order valence-corrected chi connectivity index (χ2v) is 5.48. The molecule has 1 aliphatic rings. The van der Waals surface area contributed by atoms with Crippen LogP contribution in [0.15, 0.2) is 42.5 Å². The molecule has 1 fully saturated rings. The first-order valence-electron chi connectivity index (χ1n) is 5.84. The van der Waals surface area contributed by atoms with Gasteiger partial charge < -0.3 is 5.11 Å². The van der Waals surface area contributed by atoms with Gasteiger partial charge in [0.05, 0.1) is 5.37 Å². The van der Waals surface area contributed by atoms with Crippen LogP contribution in [-0.2, 0) is 4.79 Å². The third-order valence-electron chi connectivity index (χ3n) is 3.19. The Morgan fingerprint density at radius 1 is 1.22 bits per heavy atom. The monoisotopic (exact) mass is 259 g/mol. The van der Waals surface area contributed by atoms with E-state index in [0.29, 0.717) is 5.75 Å². The van der Waals surface area contributed by atoms with Crippen molar-refractivity contribution in [2.45, 2.75) is 11.4 Å². The van der Waals surface area contributed by atoms with Gasteiger partial charge >= 0.3 is 5.97 Å². The summed E-state index contributed by atoms with van der Waals surface area (Å²) in [5.74, 6) is -0.159. The highest BCUT2D eigenvalue weighted by molar-refractivity contribution is 7.99. The van der Waals surface area contributed by atoms with Gasteiger partial charge in [0.1, 0.15) is 6.04 Å². The van der Waals surface area contributed by atoms with E-state index in [9.17, 15) is 4.79 Å². The maximum atomic E-state index is 11.0. The summed E-state index contributed by atoms with van der Waals surface area (Å²) in [5.41, 5.74) is 1.17. The molecule has 0 amide bonds. The Bertz CT molecular complexity index is 594. The number of aliphatic carboxylic acids is 1. The molecule has 0 saturated carbocycles. The summed E-state index contributed by atoms with van der Waals surface area (Å²) >= 11 is 1.65. The van der Waals surface area contributed by atoms with Crippen molar-refractivity contribution in [2.75, 3.05) is 5.75 Å². The Kier molecular flexibility index (Phi) is 2.97. The van der Waals surface area contributed by atoms with E-state index in [0.717, 1.165) is 0 Å². The smallest absolute Gasteiger partial charge is 0.321 e. The summed E-state index contributed by atoms with van der Waals surface area (Å²) in [6, 6.07) is 13.9. The summed E-state index contributed by atoms with van der Waals surface area (Å²) in [4.78, 5) is 11.0. The average molecular weight is 259 g/mol. The molecule has 0 spiro atoms. The molecule has 1 heterocycles. The van der Waals surface area contributed by atoms with Crippen LogP contribution >= 0.6 is 11.8 Å². The first-order valence-corrected chi connectivity index (χ1v) is 6.89. The molecular weight excluding hydrogens is 246 g/mol. The molecule has 1 saturated heterocycles. The van der Waals surface area contributed by atoms with E-state index in [1.807, 2.05) is 18.2 Å². The molecule has 1 unspecified atom stereocenters. The lowest BCUT2D eigenvalue weighted by atomic mass is 10.0. The van der Waals surface area contributed by atoms with E-state index in [1.54, 1.807) is 11.8 Å². The first kappa shape index (κ1) is 11.6. The highest BCUT2D eigenvalue weighted by atomic mass is 32.2. The van der Waals surface area contributed by atoms with Crippen LogP contribution in [-0.4, -0.2) is 22.9 Å². The number of hydrogen-bond donors (Lipinski definition) is 2. The number of hydrogen-bond acceptors (Lipinski definition) is 3. The van der Waals surface area contributed by atoms with E-state index >= 15 is 0 Å². The molecule has 0 bridgehead atoms. The second kappa shape index (κ2) is 4.63. The van der Waals surface area contributed by atoms with Crippen LogP contribution in [0.2, 0.25) is 0 Å². The third-order valence-corrected chi connectivity index (χ3v) is 4.44. The molecule has 3 rings (SSSR count). The standard InChI is InChI=1S/C14H13NO2S/c16-14(17)12-8-18-13(15-12)11-7-3-5-9-4-1-2-6-10(9)11/h1-7,12-13,15H,8H2,(H,16,17)/t12-,13?/m0/s1. The van der Waals surface area contributed by atoms with Gasteiger partial charge in [-0.05, 0) is 16.3 Å². The van der Waals surface area contributed by atoms with Gasteiger partial charge in [0, 0.05) is 5.75 Å². The largest absolute Gasteiger partial charge is 0.480 e. The van der Waals surface area contributed by atoms with Gasteiger partial charge in [-0.2, -0.15) is 0 Å². The zero-order chi connectivity index (χ0) is 12.5. The van der Waals surface area contributed by atoms with E-state index in [1.165, 1.54) is 16.3 Å². The molecule has 2 N–H and O–H groups in total. The number of carbonyl (C=O) groups is 1. The highest BCUT2D eigenvalue weighted by Crippen LogP contribution is 2.36. The summed E-state index contributed by atoms with van der Waals surface area (Å²) in [6.45, 7) is 0. The fourth-order valence-corrected chi connectivity index (χ4v) is 3.54. The average Bonchev–Trinajstić information content (AvgIpc) is 2.87. The lowest BCUT2D eigenvalue weighted by Gasteiger charge is -2.14. The van der Waals surface area contributed by atoms with Crippen molar-refractivity contribution < 1.29 is 9.90 Å². The van der Waals surface area contributed by atoms with Crippen molar-refractivity contribution >= 4 is 28.5 Å². The molecule has 2 aromatic carbocycles. The van der Waals surface area contributed by atoms with Crippen LogP contribution in [0.4, 0.5) is 0 Å². The predicted molar refractivity (Wildman–Crippen MR) is 73.7 cm³/mol. The summed E-state index contributed by atoms with van der Waals surface area (Å²) in [6.07, 6.45) is 0. The molecule has 92 valence electrons. The molecule has 2 atom stereocenters. The molecule has 0 aromatic heterocycles. The molecule has 2 aromatic rings. The molecule has 3 nitrogen and oxygen atoms in total. The zero-order valence-corrected chi connectivity index (χ0v) is 10.5. The van der Waals surface area contributed by atoms with Crippen LogP contribution in [0.3, 0.4) is 0 Å². The van der Waals surface area contributed by atoms with Gasteiger partial charge in [0.15, 0.2) is 0 Å². The molecule has 1 aliphatic heterocycles. The van der Waals surface area contributed by atoms with E-state index in [4.69, 9.17) is 5.11 Å². The van der Waals surface area contributed by atoms with Crippen LogP contribution in [0.5, 0.6) is 0 Å². The number of benzene rings is 2. The van der Waals surface area contributed by atoms with Crippen molar-refractivity contribution in [3.63, 3.8) is 0 Å². The number of nitrogens with one attached hydrogen (secondary N) is 1. The Morgan fingerprint density at radius 2 is 2.00 bits per heavy atom. The predicted octanol–water partition coefficient (Wildman–Crippen LogP) is 2.63. The Hall–Kier alpha value is -1.52. The molecule has 18 heavy (non-hydrogen) atoms. The van der Waals surface area contributed by atoms with Crippen molar-refractivity contribution in [3.8, 4) is 0 Å². The molecule has 0 radical (unpaired) electrons. The summed E-state index contributed by atoms with van der Waals surface area (Å²) in [7, 11) is 0. The molecule has 0 aliphatic carbocycles. The fraction of sp³-hybridized carbons (Fsp3) is 0.214. The van der Waals surface area contributed by atoms with Crippen molar-refractivity contribution in [2.24, 2.45) is 0 Å². The topological polar surface area (TPSA) is 49.3 Å². The van der Waals surface area contributed by atoms with Gasteiger partial charge in [0.25, 0.3) is 0 Å². The highest BCUT2D eigenvalue weighted by Gasteiger charge is 2.30. The van der Waals surface area contributed by atoms with Gasteiger partial charge in [0.2, 0.25) is 0 Å². The minimum atomic E-state index is -0.773. The van der Waals surface area contributed by atoms with Gasteiger partial charge in [-0.15, -0.1) is 11.8 Å². The SMILES string of the molecule is O=C(O)[C@@H]1CSC(c2cccc3ccccc23)N1. The normalized spacial score (nSPS) is 23.3. The third kappa shape index (κ3) is 1.98. The minimum Gasteiger partial charge on any atom is -0.480 e. The lowest BCUT2D eigenvalue weighted by Crippen LogP contribution is -2.33. The quantitative estimate of drug-likeness (QED) is 0.870. The lowest BCUT2D eigenvalue weighted by molar-refractivity contribution is -0.138. The summed E-state index contributed by atoms with van der Waals surface area (Å²) < 4.78 is 0. The Morgan fingerprint density at radius 3 is 2.78 bits per heavy atom. The fourth-order valence-electron chi connectivity index (χ4n) is 2.27. The van der Waals surface area contributed by atoms with Crippen molar-refractivity contribution in [3.05, 3.63) is 48.0 Å². The number of thioether (sulfide) groups is 1. The minimum absolute atomic E-state index is 0.0669. The van der Waals surface area contributed by atoms with Crippen LogP contribution in [0, 0.1) is 0 Å². The summed E-state index contributed by atoms with van der Waals surface area (Å²) in [5, 5.41) is 14.6. The van der Waals surface area contributed by atoms with Crippen LogP contribution in [0.25, 0.3) is 10.8 Å². The number of fused-ring (bicyclic) bond motifs is 1. The Balaban J connectivity index is 1.98. The van der Waals surface area contributed by atoms with Crippen LogP contribution in [0.1, 0.15) is 10.9 Å².